The van der Waals surface area contributed by atoms with Gasteiger partial charge in [0.1, 0.15) is 23.5 Å². The van der Waals surface area contributed by atoms with E-state index >= 15 is 0 Å². The molecule has 0 saturated carbocycles. The molecule has 2 rings (SSSR count). The van der Waals surface area contributed by atoms with Crippen molar-refractivity contribution in [1.29, 1.82) is 10.5 Å². The van der Waals surface area contributed by atoms with Gasteiger partial charge in [-0.15, -0.1) is 0 Å². The Morgan fingerprint density at radius 2 is 1.65 bits per heavy atom. The predicted octanol–water partition coefficient (Wildman–Crippen LogP) is 3.79. The minimum atomic E-state index is 0.0889. The van der Waals surface area contributed by atoms with Gasteiger partial charge in [0.05, 0.1) is 7.11 Å². The van der Waals surface area contributed by atoms with Crippen molar-refractivity contribution in [2.75, 3.05) is 7.11 Å². The number of allylic oxidation sites excluding steroid dienone is 1. The molecule has 96 valence electrons. The number of rotatable bonds is 3. The second-order valence-corrected chi connectivity index (χ2v) is 4.10. The maximum atomic E-state index is 8.86. The summed E-state index contributed by atoms with van der Waals surface area (Å²) in [7, 11) is 1.62. The summed E-state index contributed by atoms with van der Waals surface area (Å²) < 4.78 is 5.14. The SMILES string of the molecule is COc1ccc(-c2ccccc2C=C(C#N)C#N)cc1. The van der Waals surface area contributed by atoms with Gasteiger partial charge in [-0.25, -0.2) is 0 Å². The standard InChI is InChI=1S/C17H12N2O/c1-20-16-8-6-14(7-9-16)17-5-3-2-4-15(17)10-13(11-18)12-19/h2-10H,1H3. The normalized spacial score (nSPS) is 9.15. The summed E-state index contributed by atoms with van der Waals surface area (Å²) in [6.07, 6.45) is 1.60. The van der Waals surface area contributed by atoms with Crippen LogP contribution in [0.15, 0.2) is 54.1 Å². The van der Waals surface area contributed by atoms with E-state index in [-0.39, 0.29) is 5.57 Å². The van der Waals surface area contributed by atoms with E-state index in [2.05, 4.69) is 0 Å². The van der Waals surface area contributed by atoms with E-state index in [9.17, 15) is 0 Å². The molecule has 2 aromatic carbocycles. The first-order valence-electron chi connectivity index (χ1n) is 6.04. The Morgan fingerprint density at radius 1 is 1.00 bits per heavy atom. The lowest BCUT2D eigenvalue weighted by molar-refractivity contribution is 0.415. The highest BCUT2D eigenvalue weighted by molar-refractivity contribution is 5.78. The topological polar surface area (TPSA) is 56.8 Å². The lowest BCUT2D eigenvalue weighted by Gasteiger charge is -2.07. The first-order valence-corrected chi connectivity index (χ1v) is 6.04. The van der Waals surface area contributed by atoms with Crippen LogP contribution in [-0.2, 0) is 0 Å². The molecule has 3 heteroatoms. The number of ether oxygens (including phenoxy) is 1. The lowest BCUT2D eigenvalue weighted by Crippen LogP contribution is -1.86. The average molecular weight is 260 g/mol. The molecule has 0 unspecified atom stereocenters. The van der Waals surface area contributed by atoms with E-state index in [0.717, 1.165) is 22.4 Å². The molecule has 0 aromatic heterocycles. The van der Waals surface area contributed by atoms with Gasteiger partial charge in [0.15, 0.2) is 0 Å². The molecule has 0 aliphatic rings. The highest BCUT2D eigenvalue weighted by Crippen LogP contribution is 2.27. The maximum Gasteiger partial charge on any atom is 0.130 e. The van der Waals surface area contributed by atoms with Gasteiger partial charge in [-0.2, -0.15) is 10.5 Å². The van der Waals surface area contributed by atoms with Gasteiger partial charge < -0.3 is 4.74 Å². The Hall–Kier alpha value is -3.04. The summed E-state index contributed by atoms with van der Waals surface area (Å²) in [5.41, 5.74) is 2.91. The summed E-state index contributed by atoms with van der Waals surface area (Å²) in [5, 5.41) is 17.7. The van der Waals surface area contributed by atoms with Gasteiger partial charge in [-0.3, -0.25) is 0 Å². The monoisotopic (exact) mass is 260 g/mol. The summed E-state index contributed by atoms with van der Waals surface area (Å²) in [5.74, 6) is 0.788. The molecule has 0 saturated heterocycles. The van der Waals surface area contributed by atoms with Crippen LogP contribution < -0.4 is 4.74 Å². The molecule has 0 radical (unpaired) electrons. The minimum absolute atomic E-state index is 0.0889. The third kappa shape index (κ3) is 2.85. The molecule has 0 aliphatic carbocycles. The number of benzene rings is 2. The van der Waals surface area contributed by atoms with Gasteiger partial charge in [0.2, 0.25) is 0 Å². The van der Waals surface area contributed by atoms with Crippen LogP contribution in [0.5, 0.6) is 5.75 Å². The van der Waals surface area contributed by atoms with Gasteiger partial charge in [0, 0.05) is 0 Å². The molecular formula is C17H12N2O. The van der Waals surface area contributed by atoms with E-state index in [1.807, 2.05) is 60.7 Å². The fourth-order valence-corrected chi connectivity index (χ4v) is 1.90. The third-order valence-corrected chi connectivity index (χ3v) is 2.90. The van der Waals surface area contributed by atoms with E-state index in [1.165, 1.54) is 0 Å². The van der Waals surface area contributed by atoms with Crippen LogP contribution in [0, 0.1) is 22.7 Å². The van der Waals surface area contributed by atoms with E-state index in [1.54, 1.807) is 13.2 Å². The van der Waals surface area contributed by atoms with Crippen molar-refractivity contribution in [3.63, 3.8) is 0 Å². The molecule has 0 N–H and O–H groups in total. The highest BCUT2D eigenvalue weighted by Gasteiger charge is 2.04. The minimum Gasteiger partial charge on any atom is -0.497 e. The Labute approximate surface area is 118 Å². The van der Waals surface area contributed by atoms with Crippen LogP contribution >= 0.6 is 0 Å². The molecule has 0 amide bonds. The third-order valence-electron chi connectivity index (χ3n) is 2.90. The van der Waals surface area contributed by atoms with Crippen LogP contribution in [-0.4, -0.2) is 7.11 Å². The second-order valence-electron chi connectivity index (χ2n) is 4.10. The zero-order valence-electron chi connectivity index (χ0n) is 11.0. The Kier molecular flexibility index (Phi) is 4.17. The molecule has 0 heterocycles. The summed E-state index contributed by atoms with van der Waals surface area (Å²) in [6, 6.07) is 19.1. The van der Waals surface area contributed by atoms with Crippen LogP contribution in [0.2, 0.25) is 0 Å². The Bertz CT molecular complexity index is 700. The molecule has 0 fully saturated rings. The summed E-state index contributed by atoms with van der Waals surface area (Å²) in [4.78, 5) is 0. The number of nitriles is 2. The molecule has 0 spiro atoms. The molecule has 2 aromatic rings. The number of methoxy groups -OCH3 is 1. The first-order chi connectivity index (χ1) is 9.78. The predicted molar refractivity (Wildman–Crippen MR) is 77.6 cm³/mol. The van der Waals surface area contributed by atoms with Crippen LogP contribution in [0.1, 0.15) is 5.56 Å². The number of hydrogen-bond donors (Lipinski definition) is 0. The van der Waals surface area contributed by atoms with Crippen molar-refractivity contribution >= 4 is 6.08 Å². The number of nitrogens with zero attached hydrogens (tertiary/aromatic N) is 2. The highest BCUT2D eigenvalue weighted by atomic mass is 16.5. The number of hydrogen-bond acceptors (Lipinski definition) is 3. The van der Waals surface area contributed by atoms with E-state index in [0.29, 0.717) is 0 Å². The van der Waals surface area contributed by atoms with E-state index in [4.69, 9.17) is 15.3 Å². The summed E-state index contributed by atoms with van der Waals surface area (Å²) >= 11 is 0. The van der Waals surface area contributed by atoms with Crippen molar-refractivity contribution in [2.24, 2.45) is 0 Å². The maximum absolute atomic E-state index is 8.86. The molecular weight excluding hydrogens is 248 g/mol. The van der Waals surface area contributed by atoms with Crippen molar-refractivity contribution in [2.45, 2.75) is 0 Å². The molecule has 0 aliphatic heterocycles. The van der Waals surface area contributed by atoms with Gasteiger partial charge in [-0.1, -0.05) is 36.4 Å². The Morgan fingerprint density at radius 3 is 2.25 bits per heavy atom. The average Bonchev–Trinajstić information content (AvgIpc) is 2.53. The molecule has 0 atom stereocenters. The first kappa shape index (κ1) is 13.4. The van der Waals surface area contributed by atoms with Gasteiger partial charge >= 0.3 is 0 Å². The zero-order valence-corrected chi connectivity index (χ0v) is 11.0. The van der Waals surface area contributed by atoms with E-state index < -0.39 is 0 Å². The smallest absolute Gasteiger partial charge is 0.130 e. The van der Waals surface area contributed by atoms with Crippen molar-refractivity contribution < 1.29 is 4.74 Å². The zero-order chi connectivity index (χ0) is 14.4. The second kappa shape index (κ2) is 6.22. The van der Waals surface area contributed by atoms with Crippen LogP contribution in [0.4, 0.5) is 0 Å². The van der Waals surface area contributed by atoms with Crippen LogP contribution in [0.25, 0.3) is 17.2 Å². The lowest BCUT2D eigenvalue weighted by atomic mass is 9.98. The van der Waals surface area contributed by atoms with Gasteiger partial charge in [0.25, 0.3) is 0 Å². The fraction of sp³-hybridized carbons (Fsp3) is 0.0588. The van der Waals surface area contributed by atoms with Crippen molar-refractivity contribution in [1.82, 2.24) is 0 Å². The fourth-order valence-electron chi connectivity index (χ4n) is 1.90. The molecule has 0 bridgehead atoms. The van der Waals surface area contributed by atoms with Crippen molar-refractivity contribution in [3.05, 3.63) is 59.7 Å². The summed E-state index contributed by atoms with van der Waals surface area (Å²) in [6.45, 7) is 0. The van der Waals surface area contributed by atoms with Crippen LogP contribution in [0.3, 0.4) is 0 Å². The van der Waals surface area contributed by atoms with Gasteiger partial charge in [-0.05, 0) is 34.9 Å². The van der Waals surface area contributed by atoms with Crippen molar-refractivity contribution in [3.8, 4) is 29.0 Å². The molecule has 3 nitrogen and oxygen atoms in total. The molecule has 20 heavy (non-hydrogen) atoms. The quantitative estimate of drug-likeness (QED) is 0.789. The Balaban J connectivity index is 2.50. The largest absolute Gasteiger partial charge is 0.497 e.